The number of rotatable bonds is 5. The van der Waals surface area contributed by atoms with Crippen LogP contribution in [0.15, 0.2) is 48.5 Å². The fourth-order valence-electron chi connectivity index (χ4n) is 4.85. The van der Waals surface area contributed by atoms with Gasteiger partial charge >= 0.3 is 0 Å². The number of hydrogen-bond acceptors (Lipinski definition) is 3. The Balaban J connectivity index is 1.49. The third-order valence-corrected chi connectivity index (χ3v) is 6.81. The van der Waals surface area contributed by atoms with Crippen molar-refractivity contribution in [1.82, 2.24) is 5.32 Å². The van der Waals surface area contributed by atoms with Crippen molar-refractivity contribution >= 4 is 11.6 Å². The van der Waals surface area contributed by atoms with Gasteiger partial charge in [-0.05, 0) is 69.2 Å². The first-order valence-electron chi connectivity index (χ1n) is 11.4. The van der Waals surface area contributed by atoms with Gasteiger partial charge in [0, 0.05) is 32.0 Å². The Morgan fingerprint density at radius 3 is 2.40 bits per heavy atom. The lowest BCUT2D eigenvalue weighted by Crippen LogP contribution is -2.48. The molecule has 30 heavy (non-hydrogen) atoms. The molecule has 2 heterocycles. The predicted octanol–water partition coefficient (Wildman–Crippen LogP) is 4.91. The molecular weight excluding hydrogens is 372 g/mol. The average Bonchev–Trinajstić information content (AvgIpc) is 2.80. The maximum Gasteiger partial charge on any atom is 0.231 e. The average molecular weight is 407 g/mol. The molecule has 0 unspecified atom stereocenters. The number of anilines is 1. The van der Waals surface area contributed by atoms with E-state index in [1.807, 2.05) is 0 Å². The van der Waals surface area contributed by atoms with E-state index >= 15 is 0 Å². The fourth-order valence-corrected chi connectivity index (χ4v) is 4.85. The zero-order valence-corrected chi connectivity index (χ0v) is 18.3. The highest BCUT2D eigenvalue weighted by Crippen LogP contribution is 2.36. The van der Waals surface area contributed by atoms with Crippen LogP contribution in [-0.2, 0) is 14.9 Å². The summed E-state index contributed by atoms with van der Waals surface area (Å²) in [6, 6.07) is 17.1. The van der Waals surface area contributed by atoms with Gasteiger partial charge in [-0.1, -0.05) is 42.0 Å². The van der Waals surface area contributed by atoms with Crippen molar-refractivity contribution in [2.45, 2.75) is 57.4 Å². The van der Waals surface area contributed by atoms with Crippen LogP contribution in [0.3, 0.4) is 0 Å². The molecule has 0 bridgehead atoms. The largest absolute Gasteiger partial charge is 0.381 e. The Kier molecular flexibility index (Phi) is 6.43. The van der Waals surface area contributed by atoms with Crippen LogP contribution in [0.4, 0.5) is 5.69 Å². The maximum atomic E-state index is 13.6. The van der Waals surface area contributed by atoms with E-state index in [2.05, 4.69) is 72.6 Å². The SMILES string of the molecule is Cc1cccc(C2(C(=O)N[C@@H](C)c3ccc(N4CCCCC4)cc3)CCOCC2)c1. The zero-order valence-electron chi connectivity index (χ0n) is 18.3. The van der Waals surface area contributed by atoms with Gasteiger partial charge in [0.25, 0.3) is 0 Å². The second-order valence-corrected chi connectivity index (χ2v) is 8.90. The highest BCUT2D eigenvalue weighted by atomic mass is 16.5. The molecule has 2 fully saturated rings. The lowest BCUT2D eigenvalue weighted by atomic mass is 9.73. The van der Waals surface area contributed by atoms with Crippen molar-refractivity contribution in [1.29, 1.82) is 0 Å². The van der Waals surface area contributed by atoms with Crippen LogP contribution in [0.5, 0.6) is 0 Å². The molecule has 1 atom stereocenters. The van der Waals surface area contributed by atoms with Crippen molar-refractivity contribution in [2.75, 3.05) is 31.2 Å². The Morgan fingerprint density at radius 2 is 1.73 bits per heavy atom. The molecular formula is C26H34N2O2. The minimum absolute atomic E-state index is 0.0302. The van der Waals surface area contributed by atoms with Crippen molar-refractivity contribution in [3.8, 4) is 0 Å². The molecule has 2 aliphatic heterocycles. The summed E-state index contributed by atoms with van der Waals surface area (Å²) in [6.07, 6.45) is 5.34. The molecule has 0 aliphatic carbocycles. The maximum absolute atomic E-state index is 13.6. The summed E-state index contributed by atoms with van der Waals surface area (Å²) < 4.78 is 5.60. The highest BCUT2D eigenvalue weighted by Gasteiger charge is 2.42. The summed E-state index contributed by atoms with van der Waals surface area (Å²) in [5.74, 6) is 0.115. The molecule has 0 aromatic heterocycles. The van der Waals surface area contributed by atoms with Crippen molar-refractivity contribution < 1.29 is 9.53 Å². The van der Waals surface area contributed by atoms with Gasteiger partial charge in [-0.25, -0.2) is 0 Å². The van der Waals surface area contributed by atoms with E-state index in [0.717, 1.165) is 37.1 Å². The lowest BCUT2D eigenvalue weighted by molar-refractivity contribution is -0.131. The number of nitrogens with zero attached hydrogens (tertiary/aromatic N) is 1. The molecule has 4 rings (SSSR count). The summed E-state index contributed by atoms with van der Waals surface area (Å²) in [6.45, 7) is 7.71. The second kappa shape index (κ2) is 9.22. The summed E-state index contributed by atoms with van der Waals surface area (Å²) in [4.78, 5) is 16.0. The Morgan fingerprint density at radius 1 is 1.03 bits per heavy atom. The van der Waals surface area contributed by atoms with E-state index in [-0.39, 0.29) is 11.9 Å². The standard InChI is InChI=1S/C26H34N2O2/c1-20-7-6-8-23(19-20)26(13-17-30-18-14-26)25(29)27-21(2)22-9-11-24(12-10-22)28-15-4-3-5-16-28/h6-12,19,21H,3-5,13-18H2,1-2H3,(H,27,29)/t21-/m0/s1. The molecule has 2 aromatic rings. The Labute approximate surface area is 180 Å². The van der Waals surface area contributed by atoms with Gasteiger partial charge in [0.15, 0.2) is 0 Å². The monoisotopic (exact) mass is 406 g/mol. The molecule has 1 amide bonds. The number of ether oxygens (including phenoxy) is 1. The van der Waals surface area contributed by atoms with Crippen LogP contribution in [-0.4, -0.2) is 32.2 Å². The molecule has 2 aromatic carbocycles. The van der Waals surface area contributed by atoms with Crippen LogP contribution < -0.4 is 10.2 Å². The molecule has 4 heteroatoms. The van der Waals surface area contributed by atoms with Gasteiger partial charge in [-0.3, -0.25) is 4.79 Å². The quantitative estimate of drug-likeness (QED) is 0.767. The molecule has 4 nitrogen and oxygen atoms in total. The van der Waals surface area contributed by atoms with E-state index in [1.54, 1.807) is 0 Å². The molecule has 0 radical (unpaired) electrons. The molecule has 0 saturated carbocycles. The normalized spacial score (nSPS) is 19.9. The molecule has 2 saturated heterocycles. The van der Waals surface area contributed by atoms with Crippen LogP contribution >= 0.6 is 0 Å². The number of piperidine rings is 1. The van der Waals surface area contributed by atoms with Crippen molar-refractivity contribution in [3.05, 3.63) is 65.2 Å². The minimum Gasteiger partial charge on any atom is -0.381 e. The van der Waals surface area contributed by atoms with Crippen molar-refractivity contribution in [2.24, 2.45) is 0 Å². The molecule has 0 spiro atoms. The summed E-state index contributed by atoms with van der Waals surface area (Å²) >= 11 is 0. The molecule has 1 N–H and O–H groups in total. The van der Waals surface area contributed by atoms with Gasteiger partial charge in [0.1, 0.15) is 0 Å². The van der Waals surface area contributed by atoms with Crippen LogP contribution in [0.1, 0.15) is 61.8 Å². The van der Waals surface area contributed by atoms with Crippen LogP contribution in [0.25, 0.3) is 0 Å². The van der Waals surface area contributed by atoms with E-state index in [4.69, 9.17) is 4.74 Å². The van der Waals surface area contributed by atoms with E-state index < -0.39 is 5.41 Å². The van der Waals surface area contributed by atoms with Crippen molar-refractivity contribution in [3.63, 3.8) is 0 Å². The van der Waals surface area contributed by atoms with Gasteiger partial charge in [-0.2, -0.15) is 0 Å². The number of carbonyl (C=O) groups excluding carboxylic acids is 1. The van der Waals surface area contributed by atoms with Crippen LogP contribution in [0, 0.1) is 6.92 Å². The van der Waals surface area contributed by atoms with Gasteiger partial charge < -0.3 is 15.0 Å². The highest BCUT2D eigenvalue weighted by molar-refractivity contribution is 5.88. The number of carbonyl (C=O) groups is 1. The molecule has 2 aliphatic rings. The number of nitrogens with one attached hydrogen (secondary N) is 1. The predicted molar refractivity (Wildman–Crippen MR) is 122 cm³/mol. The van der Waals surface area contributed by atoms with Gasteiger partial charge in [0.05, 0.1) is 11.5 Å². The summed E-state index contributed by atoms with van der Waals surface area (Å²) in [5, 5.41) is 3.32. The third-order valence-electron chi connectivity index (χ3n) is 6.81. The number of amides is 1. The Hall–Kier alpha value is -2.33. The van der Waals surface area contributed by atoms with Gasteiger partial charge in [-0.15, -0.1) is 0 Å². The number of hydrogen-bond donors (Lipinski definition) is 1. The topological polar surface area (TPSA) is 41.6 Å². The second-order valence-electron chi connectivity index (χ2n) is 8.90. The zero-order chi connectivity index (χ0) is 21.0. The first-order valence-corrected chi connectivity index (χ1v) is 11.4. The van der Waals surface area contributed by atoms with E-state index in [9.17, 15) is 4.79 Å². The first kappa shape index (κ1) is 20.9. The first-order chi connectivity index (χ1) is 14.6. The summed E-state index contributed by atoms with van der Waals surface area (Å²) in [7, 11) is 0. The third kappa shape index (κ3) is 4.39. The lowest BCUT2D eigenvalue weighted by Gasteiger charge is -2.37. The smallest absolute Gasteiger partial charge is 0.231 e. The Bertz CT molecular complexity index is 850. The fraction of sp³-hybridized carbons (Fsp3) is 0.500. The number of aryl methyl sites for hydroxylation is 1. The van der Waals surface area contributed by atoms with Gasteiger partial charge in [0.2, 0.25) is 5.91 Å². The number of benzene rings is 2. The van der Waals surface area contributed by atoms with E-state index in [1.165, 1.54) is 30.5 Å². The van der Waals surface area contributed by atoms with Crippen LogP contribution in [0.2, 0.25) is 0 Å². The molecule has 160 valence electrons. The summed E-state index contributed by atoms with van der Waals surface area (Å²) in [5.41, 5.74) is 4.23. The van der Waals surface area contributed by atoms with E-state index in [0.29, 0.717) is 13.2 Å². The minimum atomic E-state index is -0.508.